The average molecular weight is 253 g/mol. The Hall–Kier alpha value is -1.62. The van der Waals surface area contributed by atoms with Crippen LogP contribution in [0.3, 0.4) is 0 Å². The summed E-state index contributed by atoms with van der Waals surface area (Å²) >= 11 is 0. The molecule has 1 rings (SSSR count). The summed E-state index contributed by atoms with van der Waals surface area (Å²) in [5.41, 5.74) is 0. The van der Waals surface area contributed by atoms with Crippen LogP contribution in [-0.4, -0.2) is 42.3 Å². The molecule has 1 heterocycles. The van der Waals surface area contributed by atoms with E-state index in [4.69, 9.17) is 9.47 Å². The highest BCUT2D eigenvalue weighted by atomic mass is 16.6. The van der Waals surface area contributed by atoms with E-state index < -0.39 is 12.2 Å². The lowest BCUT2D eigenvalue weighted by atomic mass is 9.98. The summed E-state index contributed by atoms with van der Waals surface area (Å²) in [5.74, 6) is -0.648. The van der Waals surface area contributed by atoms with Crippen molar-refractivity contribution in [3.8, 4) is 0 Å². The molecule has 1 amide bonds. The number of hydrogen-bond acceptors (Lipinski definition) is 4. The molecule has 1 aliphatic heterocycles. The van der Waals surface area contributed by atoms with Gasteiger partial charge in [0.15, 0.2) is 0 Å². The van der Waals surface area contributed by atoms with Crippen LogP contribution in [0.15, 0.2) is 25.3 Å². The Bertz CT molecular complexity index is 338. The van der Waals surface area contributed by atoms with Gasteiger partial charge in [0.2, 0.25) is 12.1 Å². The third-order valence-corrected chi connectivity index (χ3v) is 2.64. The minimum Gasteiger partial charge on any atom is -0.463 e. The number of likely N-dealkylation sites (tertiary alicyclic amines) is 1. The van der Waals surface area contributed by atoms with Crippen molar-refractivity contribution < 1.29 is 19.1 Å². The third-order valence-electron chi connectivity index (χ3n) is 2.64. The molecule has 5 heteroatoms. The van der Waals surface area contributed by atoms with Gasteiger partial charge in [-0.05, 0) is 13.3 Å². The second kappa shape index (κ2) is 6.96. The van der Waals surface area contributed by atoms with Gasteiger partial charge in [-0.2, -0.15) is 0 Å². The highest BCUT2D eigenvalue weighted by Gasteiger charge is 2.44. The molecule has 1 fully saturated rings. The summed E-state index contributed by atoms with van der Waals surface area (Å²) in [5, 5.41) is 0. The van der Waals surface area contributed by atoms with Gasteiger partial charge in [-0.3, -0.25) is 4.79 Å². The fourth-order valence-electron chi connectivity index (χ4n) is 1.84. The minimum absolute atomic E-state index is 0.0331. The van der Waals surface area contributed by atoms with Crippen molar-refractivity contribution in [1.82, 2.24) is 4.90 Å². The molecule has 2 atom stereocenters. The maximum absolute atomic E-state index is 11.8. The van der Waals surface area contributed by atoms with Crippen LogP contribution in [0.25, 0.3) is 0 Å². The van der Waals surface area contributed by atoms with E-state index in [1.54, 1.807) is 13.0 Å². The zero-order valence-electron chi connectivity index (χ0n) is 10.6. The lowest BCUT2D eigenvalue weighted by Crippen LogP contribution is -2.60. The molecule has 2 unspecified atom stereocenters. The number of ether oxygens (including phenoxy) is 2. The van der Waals surface area contributed by atoms with Crippen LogP contribution >= 0.6 is 0 Å². The number of rotatable bonds is 8. The molecule has 0 spiro atoms. The molecular formula is C13H19NO4. The first-order valence-corrected chi connectivity index (χ1v) is 5.96. The molecule has 0 saturated carbocycles. The molecule has 0 bridgehead atoms. The molecule has 5 nitrogen and oxygen atoms in total. The predicted octanol–water partition coefficient (Wildman–Crippen LogP) is 1.26. The van der Waals surface area contributed by atoms with Crippen LogP contribution in [0.4, 0.5) is 0 Å². The molecule has 1 saturated heterocycles. The summed E-state index contributed by atoms with van der Waals surface area (Å²) in [4.78, 5) is 24.8. The largest absolute Gasteiger partial charge is 0.463 e. The summed E-state index contributed by atoms with van der Waals surface area (Å²) in [7, 11) is 0. The molecule has 0 N–H and O–H groups in total. The van der Waals surface area contributed by atoms with Crippen molar-refractivity contribution >= 4 is 11.9 Å². The van der Waals surface area contributed by atoms with Gasteiger partial charge >= 0.3 is 5.97 Å². The summed E-state index contributed by atoms with van der Waals surface area (Å²) in [6, 6.07) is -0.0331. The number of carbonyl (C=O) groups excluding carboxylic acids is 2. The lowest BCUT2D eigenvalue weighted by Gasteiger charge is -2.43. The second-order valence-electron chi connectivity index (χ2n) is 3.91. The van der Waals surface area contributed by atoms with E-state index in [2.05, 4.69) is 13.2 Å². The van der Waals surface area contributed by atoms with Gasteiger partial charge in [-0.1, -0.05) is 12.2 Å². The Morgan fingerprint density at radius 1 is 1.56 bits per heavy atom. The Kier molecular flexibility index (Phi) is 5.58. The lowest BCUT2D eigenvalue weighted by molar-refractivity contribution is -0.189. The molecule has 18 heavy (non-hydrogen) atoms. The smallest absolute Gasteiger partial charge is 0.356 e. The number of carbonyl (C=O) groups is 2. The normalized spacial score (nSPS) is 19.9. The third kappa shape index (κ3) is 3.20. The van der Waals surface area contributed by atoms with Gasteiger partial charge in [-0.15, -0.1) is 13.2 Å². The van der Waals surface area contributed by atoms with Gasteiger partial charge < -0.3 is 14.4 Å². The number of esters is 1. The van der Waals surface area contributed by atoms with Crippen LogP contribution in [0, 0.1) is 0 Å². The fourth-order valence-corrected chi connectivity index (χ4v) is 1.84. The number of amides is 1. The van der Waals surface area contributed by atoms with Crippen molar-refractivity contribution in [1.29, 1.82) is 0 Å². The highest BCUT2D eigenvalue weighted by Crippen LogP contribution is 2.26. The monoisotopic (exact) mass is 253 g/mol. The number of hydrogen-bond donors (Lipinski definition) is 0. The van der Waals surface area contributed by atoms with E-state index >= 15 is 0 Å². The molecule has 1 aliphatic rings. The predicted molar refractivity (Wildman–Crippen MR) is 66.6 cm³/mol. The number of nitrogens with zero attached hydrogens (tertiary/aromatic N) is 1. The van der Waals surface area contributed by atoms with Crippen molar-refractivity contribution in [2.75, 3.05) is 13.2 Å². The highest BCUT2D eigenvalue weighted by molar-refractivity contribution is 5.88. The molecule has 0 aromatic carbocycles. The first kappa shape index (κ1) is 14.4. The number of β-lactam (4-membered cyclic amide) rings is 1. The quantitative estimate of drug-likeness (QED) is 0.371. The van der Waals surface area contributed by atoms with E-state index in [9.17, 15) is 9.59 Å². The Labute approximate surface area is 107 Å². The standard InChI is InChI=1S/C13H19NO4/c1-4-7-10-9-11(15)14(10)12(18-8-5-2)13(16)17-6-3/h4-5,10,12H,1-2,6-9H2,3H3. The Morgan fingerprint density at radius 3 is 2.78 bits per heavy atom. The zero-order chi connectivity index (χ0) is 13.5. The van der Waals surface area contributed by atoms with Gasteiger partial charge in [0.1, 0.15) is 0 Å². The summed E-state index contributed by atoms with van der Waals surface area (Å²) < 4.78 is 10.2. The van der Waals surface area contributed by atoms with Crippen LogP contribution in [0.5, 0.6) is 0 Å². The first-order chi connectivity index (χ1) is 8.65. The second-order valence-corrected chi connectivity index (χ2v) is 3.91. The molecule has 0 aliphatic carbocycles. The van der Waals surface area contributed by atoms with E-state index in [1.807, 2.05) is 0 Å². The maximum Gasteiger partial charge on any atom is 0.356 e. The van der Waals surface area contributed by atoms with Gasteiger partial charge in [0, 0.05) is 12.5 Å². The molecule has 100 valence electrons. The van der Waals surface area contributed by atoms with Gasteiger partial charge in [0.05, 0.1) is 13.2 Å². The SMILES string of the molecule is C=CCOC(C(=O)OCC)N1C(=O)CC1CC=C. The first-order valence-electron chi connectivity index (χ1n) is 5.96. The summed E-state index contributed by atoms with van der Waals surface area (Å²) in [6.45, 7) is 9.30. The van der Waals surface area contributed by atoms with Crippen LogP contribution < -0.4 is 0 Å². The van der Waals surface area contributed by atoms with E-state index in [0.717, 1.165) is 0 Å². The van der Waals surface area contributed by atoms with E-state index in [0.29, 0.717) is 12.8 Å². The minimum atomic E-state index is -0.978. The van der Waals surface area contributed by atoms with Crippen molar-refractivity contribution in [2.45, 2.75) is 32.0 Å². The Balaban J connectivity index is 2.73. The van der Waals surface area contributed by atoms with Crippen LogP contribution in [-0.2, 0) is 19.1 Å². The summed E-state index contributed by atoms with van der Waals surface area (Å²) in [6.07, 6.45) is 3.33. The topological polar surface area (TPSA) is 55.8 Å². The van der Waals surface area contributed by atoms with Crippen molar-refractivity contribution in [2.24, 2.45) is 0 Å². The molecule has 0 aromatic rings. The van der Waals surface area contributed by atoms with E-state index in [1.165, 1.54) is 11.0 Å². The van der Waals surface area contributed by atoms with Gasteiger partial charge in [-0.25, -0.2) is 4.79 Å². The fraction of sp³-hybridized carbons (Fsp3) is 0.538. The average Bonchev–Trinajstić information content (AvgIpc) is 2.34. The zero-order valence-corrected chi connectivity index (χ0v) is 10.6. The molecular weight excluding hydrogens is 234 g/mol. The van der Waals surface area contributed by atoms with E-state index in [-0.39, 0.29) is 25.2 Å². The molecule has 0 aromatic heterocycles. The van der Waals surface area contributed by atoms with Crippen molar-refractivity contribution in [3.05, 3.63) is 25.3 Å². The van der Waals surface area contributed by atoms with Gasteiger partial charge in [0.25, 0.3) is 0 Å². The van der Waals surface area contributed by atoms with Crippen molar-refractivity contribution in [3.63, 3.8) is 0 Å². The maximum atomic E-state index is 11.8. The van der Waals surface area contributed by atoms with Crippen LogP contribution in [0.1, 0.15) is 19.8 Å². The molecule has 0 radical (unpaired) electrons. The van der Waals surface area contributed by atoms with Crippen LogP contribution in [0.2, 0.25) is 0 Å². The Morgan fingerprint density at radius 2 is 2.28 bits per heavy atom.